The summed E-state index contributed by atoms with van der Waals surface area (Å²) in [5.41, 5.74) is 4.41. The number of ether oxygens (including phenoxy) is 2. The van der Waals surface area contributed by atoms with Crippen LogP contribution in [0.1, 0.15) is 49.7 Å². The highest BCUT2D eigenvalue weighted by atomic mass is 16.5. The molecule has 0 fully saturated rings. The Balaban J connectivity index is 1.56. The van der Waals surface area contributed by atoms with Gasteiger partial charge in [-0.25, -0.2) is 4.79 Å². The lowest BCUT2D eigenvalue weighted by Crippen LogP contribution is -2.47. The minimum atomic E-state index is -1.04. The van der Waals surface area contributed by atoms with Gasteiger partial charge in [-0.3, -0.25) is 9.59 Å². The predicted molar refractivity (Wildman–Crippen MR) is 128 cm³/mol. The molecule has 0 spiro atoms. The Kier molecular flexibility index (Phi) is 9.46. The summed E-state index contributed by atoms with van der Waals surface area (Å²) in [7, 11) is 0. The van der Waals surface area contributed by atoms with Crippen LogP contribution in [0.3, 0.4) is 0 Å². The predicted octanol–water partition coefficient (Wildman–Crippen LogP) is 3.69. The topological polar surface area (TPSA) is 114 Å². The zero-order chi connectivity index (χ0) is 24.3. The third-order valence-corrected chi connectivity index (χ3v) is 5.82. The molecular formula is C26H32N2O6. The second-order valence-corrected chi connectivity index (χ2v) is 8.15. The quantitative estimate of drug-likeness (QED) is 0.386. The number of carbonyl (C=O) groups excluding carboxylic acids is 2. The lowest BCUT2D eigenvalue weighted by atomic mass is 9.98. The van der Waals surface area contributed by atoms with Crippen molar-refractivity contribution < 1.29 is 29.0 Å². The number of carboxylic acids is 1. The number of hydrogen-bond donors (Lipinski definition) is 3. The van der Waals surface area contributed by atoms with Crippen LogP contribution in [0, 0.1) is 0 Å². The molecule has 0 aliphatic heterocycles. The smallest absolute Gasteiger partial charge is 0.407 e. The number of benzene rings is 2. The third kappa shape index (κ3) is 6.81. The number of aliphatic carboxylic acids is 1. The number of hydrogen-bond acceptors (Lipinski definition) is 5. The van der Waals surface area contributed by atoms with E-state index in [0.717, 1.165) is 35.1 Å². The van der Waals surface area contributed by atoms with E-state index in [0.29, 0.717) is 19.8 Å². The molecule has 1 unspecified atom stereocenters. The fourth-order valence-corrected chi connectivity index (χ4v) is 4.13. The maximum atomic E-state index is 12.6. The monoisotopic (exact) mass is 468 g/mol. The number of carboxylic acid groups (broad SMARTS) is 1. The molecule has 0 saturated heterocycles. The van der Waals surface area contributed by atoms with Crippen molar-refractivity contribution in [2.75, 3.05) is 26.4 Å². The maximum absolute atomic E-state index is 12.6. The number of fused-ring (bicyclic) bond motifs is 3. The normalized spacial score (nSPS) is 13.0. The molecule has 0 aromatic heterocycles. The SMILES string of the molecule is CCOCCCCNC(=O)C(CCC(=O)O)NC(=O)OCC1c2ccccc2-c2ccccc21. The van der Waals surface area contributed by atoms with Gasteiger partial charge in [0.25, 0.3) is 0 Å². The molecule has 0 bridgehead atoms. The molecule has 1 aliphatic carbocycles. The number of rotatable bonds is 13. The van der Waals surface area contributed by atoms with Gasteiger partial charge in [0, 0.05) is 32.1 Å². The van der Waals surface area contributed by atoms with Gasteiger partial charge in [-0.05, 0) is 48.4 Å². The van der Waals surface area contributed by atoms with Gasteiger partial charge < -0.3 is 25.2 Å². The summed E-state index contributed by atoms with van der Waals surface area (Å²) in [6, 6.07) is 15.0. The van der Waals surface area contributed by atoms with E-state index < -0.39 is 24.0 Å². The zero-order valence-electron chi connectivity index (χ0n) is 19.4. The van der Waals surface area contributed by atoms with Crippen molar-refractivity contribution in [1.82, 2.24) is 10.6 Å². The summed E-state index contributed by atoms with van der Waals surface area (Å²) in [4.78, 5) is 36.1. The summed E-state index contributed by atoms with van der Waals surface area (Å²) in [6.07, 6.45) is 0.510. The second kappa shape index (κ2) is 12.7. The summed E-state index contributed by atoms with van der Waals surface area (Å²) < 4.78 is 10.8. The van der Waals surface area contributed by atoms with Gasteiger partial charge in [-0.2, -0.15) is 0 Å². The molecular weight excluding hydrogens is 436 g/mol. The van der Waals surface area contributed by atoms with Crippen LogP contribution in [0.4, 0.5) is 4.79 Å². The summed E-state index contributed by atoms with van der Waals surface area (Å²) in [5, 5.41) is 14.3. The Hall–Kier alpha value is -3.39. The van der Waals surface area contributed by atoms with E-state index >= 15 is 0 Å². The van der Waals surface area contributed by atoms with Gasteiger partial charge in [-0.1, -0.05) is 48.5 Å². The molecule has 1 aliphatic rings. The first-order valence-corrected chi connectivity index (χ1v) is 11.7. The molecule has 0 heterocycles. The number of alkyl carbamates (subject to hydrolysis) is 1. The van der Waals surface area contributed by atoms with Crippen molar-refractivity contribution in [3.63, 3.8) is 0 Å². The van der Waals surface area contributed by atoms with Crippen LogP contribution in [0.25, 0.3) is 11.1 Å². The average Bonchev–Trinajstić information content (AvgIpc) is 3.16. The molecule has 3 N–H and O–H groups in total. The molecule has 34 heavy (non-hydrogen) atoms. The molecule has 2 amide bonds. The van der Waals surface area contributed by atoms with Gasteiger partial charge in [0.1, 0.15) is 12.6 Å². The Morgan fingerprint density at radius 2 is 1.65 bits per heavy atom. The Labute approximate surface area is 199 Å². The van der Waals surface area contributed by atoms with E-state index in [-0.39, 0.29) is 25.4 Å². The molecule has 8 nitrogen and oxygen atoms in total. The highest BCUT2D eigenvalue weighted by Crippen LogP contribution is 2.44. The molecule has 8 heteroatoms. The van der Waals surface area contributed by atoms with Gasteiger partial charge >= 0.3 is 12.1 Å². The Bertz CT molecular complexity index is 947. The van der Waals surface area contributed by atoms with Gasteiger partial charge in [0.15, 0.2) is 0 Å². The average molecular weight is 469 g/mol. The summed E-state index contributed by atoms with van der Waals surface area (Å²) in [6.45, 7) is 3.72. The van der Waals surface area contributed by atoms with Crippen LogP contribution in [0.2, 0.25) is 0 Å². The third-order valence-electron chi connectivity index (χ3n) is 5.82. The van der Waals surface area contributed by atoms with Crippen molar-refractivity contribution in [2.24, 2.45) is 0 Å². The standard InChI is InChI=1S/C26H32N2O6/c1-2-33-16-8-7-15-27-25(31)23(13-14-24(29)30)28-26(32)34-17-22-20-11-5-3-9-18(20)19-10-4-6-12-21(19)22/h3-6,9-12,22-23H,2,7-8,13-17H2,1H3,(H,27,31)(H,28,32)(H,29,30). The first-order chi connectivity index (χ1) is 16.5. The minimum Gasteiger partial charge on any atom is -0.481 e. The van der Waals surface area contributed by atoms with E-state index in [1.165, 1.54) is 0 Å². The largest absolute Gasteiger partial charge is 0.481 e. The fraction of sp³-hybridized carbons (Fsp3) is 0.423. The number of nitrogens with one attached hydrogen (secondary N) is 2. The zero-order valence-corrected chi connectivity index (χ0v) is 19.4. The van der Waals surface area contributed by atoms with E-state index in [2.05, 4.69) is 22.8 Å². The molecule has 0 saturated carbocycles. The van der Waals surface area contributed by atoms with E-state index in [1.807, 2.05) is 43.3 Å². The highest BCUT2D eigenvalue weighted by molar-refractivity contribution is 5.86. The van der Waals surface area contributed by atoms with Crippen molar-refractivity contribution in [3.8, 4) is 11.1 Å². The molecule has 2 aromatic rings. The summed E-state index contributed by atoms with van der Waals surface area (Å²) in [5.74, 6) is -1.56. The van der Waals surface area contributed by atoms with Crippen LogP contribution >= 0.6 is 0 Å². The van der Waals surface area contributed by atoms with Gasteiger partial charge in [0.2, 0.25) is 5.91 Å². The summed E-state index contributed by atoms with van der Waals surface area (Å²) >= 11 is 0. The Morgan fingerprint density at radius 1 is 1.00 bits per heavy atom. The van der Waals surface area contributed by atoms with Crippen molar-refractivity contribution in [2.45, 2.75) is 44.6 Å². The number of unbranched alkanes of at least 4 members (excludes halogenated alkanes) is 1. The van der Waals surface area contributed by atoms with Crippen molar-refractivity contribution >= 4 is 18.0 Å². The molecule has 0 radical (unpaired) electrons. The van der Waals surface area contributed by atoms with Crippen molar-refractivity contribution in [3.05, 3.63) is 59.7 Å². The highest BCUT2D eigenvalue weighted by Gasteiger charge is 2.29. The molecule has 182 valence electrons. The van der Waals surface area contributed by atoms with Crippen LogP contribution in [0.5, 0.6) is 0 Å². The van der Waals surface area contributed by atoms with Crippen LogP contribution in [0.15, 0.2) is 48.5 Å². The Morgan fingerprint density at radius 3 is 2.26 bits per heavy atom. The number of carbonyl (C=O) groups is 3. The lowest BCUT2D eigenvalue weighted by molar-refractivity contribution is -0.137. The molecule has 3 rings (SSSR count). The van der Waals surface area contributed by atoms with Crippen LogP contribution < -0.4 is 10.6 Å². The second-order valence-electron chi connectivity index (χ2n) is 8.15. The van der Waals surface area contributed by atoms with Crippen molar-refractivity contribution in [1.29, 1.82) is 0 Å². The first-order valence-electron chi connectivity index (χ1n) is 11.7. The lowest BCUT2D eigenvalue weighted by Gasteiger charge is -2.19. The van der Waals surface area contributed by atoms with Gasteiger partial charge in [-0.15, -0.1) is 0 Å². The minimum absolute atomic E-state index is 0.0235. The van der Waals surface area contributed by atoms with E-state index in [9.17, 15) is 14.4 Å². The maximum Gasteiger partial charge on any atom is 0.407 e. The van der Waals surface area contributed by atoms with Gasteiger partial charge in [0.05, 0.1) is 0 Å². The van der Waals surface area contributed by atoms with Crippen LogP contribution in [-0.2, 0) is 19.1 Å². The number of amides is 2. The van der Waals surface area contributed by atoms with Crippen LogP contribution in [-0.4, -0.2) is 55.5 Å². The fourth-order valence-electron chi connectivity index (χ4n) is 4.13. The van der Waals surface area contributed by atoms with E-state index in [1.54, 1.807) is 0 Å². The molecule has 1 atom stereocenters. The molecule has 2 aromatic carbocycles. The van der Waals surface area contributed by atoms with E-state index in [4.69, 9.17) is 14.6 Å². The first kappa shape index (κ1) is 25.2.